The van der Waals surface area contributed by atoms with E-state index < -0.39 is 0 Å². The quantitative estimate of drug-likeness (QED) is 0.675. The van der Waals surface area contributed by atoms with Gasteiger partial charge in [0.2, 0.25) is 0 Å². The van der Waals surface area contributed by atoms with Crippen LogP contribution in [0.25, 0.3) is 0 Å². The topological polar surface area (TPSA) is 33.0 Å². The first-order valence-electron chi connectivity index (χ1n) is 6.73. The third kappa shape index (κ3) is 3.22. The van der Waals surface area contributed by atoms with Gasteiger partial charge in [0.15, 0.2) is 5.75 Å². The summed E-state index contributed by atoms with van der Waals surface area (Å²) in [6, 6.07) is 2.08. The Balaban J connectivity index is 3.68. The van der Waals surface area contributed by atoms with Crippen LogP contribution in [0.3, 0.4) is 0 Å². The van der Waals surface area contributed by atoms with Gasteiger partial charge < -0.3 is 4.74 Å². The molecule has 0 atom stereocenters. The fraction of sp³-hybridized carbons (Fsp3) is 0.562. The summed E-state index contributed by atoms with van der Waals surface area (Å²) in [6.07, 6.45) is 1.79. The van der Waals surface area contributed by atoms with Crippen molar-refractivity contribution >= 4 is 11.6 Å². The fourth-order valence-electron chi connectivity index (χ4n) is 2.23. The number of ether oxygens (including phenoxy) is 1. The first-order valence-corrected chi connectivity index (χ1v) is 7.11. The van der Waals surface area contributed by atoms with E-state index in [0.29, 0.717) is 11.7 Å². The minimum absolute atomic E-state index is 0.215. The van der Waals surface area contributed by atoms with Gasteiger partial charge in [-0.3, -0.25) is 0 Å². The van der Waals surface area contributed by atoms with Crippen LogP contribution in [-0.4, -0.2) is 0 Å². The molecule has 0 N–H and O–H groups in total. The minimum atomic E-state index is 0.215. The van der Waals surface area contributed by atoms with Crippen LogP contribution in [0.1, 0.15) is 76.0 Å². The lowest BCUT2D eigenvalue weighted by Gasteiger charge is -2.22. The molecule has 104 valence electrons. The number of nitriles is 1. The summed E-state index contributed by atoms with van der Waals surface area (Å²) in [4.78, 5) is 0. The Morgan fingerprint density at radius 1 is 1.00 bits per heavy atom. The van der Waals surface area contributed by atoms with Crippen LogP contribution in [0, 0.1) is 11.5 Å². The number of rotatable bonds is 4. The molecule has 0 aliphatic heterocycles. The van der Waals surface area contributed by atoms with Gasteiger partial charge in [-0.25, -0.2) is 0 Å². The molecule has 0 amide bonds. The van der Waals surface area contributed by atoms with E-state index in [2.05, 4.69) is 47.6 Å². The van der Waals surface area contributed by atoms with Crippen molar-refractivity contribution in [2.24, 2.45) is 0 Å². The highest BCUT2D eigenvalue weighted by Gasteiger charge is 2.23. The molecular formula is C16H22ClNO. The predicted octanol–water partition coefficient (Wildman–Crippen LogP) is 5.57. The third-order valence-electron chi connectivity index (χ3n) is 3.28. The van der Waals surface area contributed by atoms with Gasteiger partial charge in [-0.2, -0.15) is 0 Å². The molecule has 0 saturated heterocycles. The summed E-state index contributed by atoms with van der Waals surface area (Å²) in [6.45, 7) is 12.6. The largest absolute Gasteiger partial charge is 0.387 e. The van der Waals surface area contributed by atoms with Gasteiger partial charge in [0.25, 0.3) is 6.26 Å². The second-order valence-electron chi connectivity index (χ2n) is 5.77. The van der Waals surface area contributed by atoms with E-state index in [1.54, 1.807) is 6.26 Å². The van der Waals surface area contributed by atoms with Crippen LogP contribution >= 0.6 is 11.6 Å². The number of benzene rings is 1. The summed E-state index contributed by atoms with van der Waals surface area (Å²) in [5, 5.41) is 9.62. The molecule has 1 aromatic rings. The van der Waals surface area contributed by atoms with Crippen LogP contribution in [0.4, 0.5) is 0 Å². The molecule has 0 aliphatic carbocycles. The van der Waals surface area contributed by atoms with Gasteiger partial charge in [0.05, 0.1) is 5.02 Å². The van der Waals surface area contributed by atoms with Crippen molar-refractivity contribution in [3.63, 3.8) is 0 Å². The van der Waals surface area contributed by atoms with Gasteiger partial charge in [-0.15, -0.1) is 5.26 Å². The highest BCUT2D eigenvalue weighted by Crippen LogP contribution is 2.43. The lowest BCUT2D eigenvalue weighted by atomic mass is 9.88. The Hall–Kier alpha value is -1.20. The highest BCUT2D eigenvalue weighted by molar-refractivity contribution is 6.32. The number of hydrogen-bond acceptors (Lipinski definition) is 2. The molecule has 19 heavy (non-hydrogen) atoms. The van der Waals surface area contributed by atoms with Crippen molar-refractivity contribution in [2.45, 2.75) is 59.3 Å². The lowest BCUT2D eigenvalue weighted by molar-refractivity contribution is 0.485. The normalized spacial score (nSPS) is 11.2. The minimum Gasteiger partial charge on any atom is -0.387 e. The molecule has 0 unspecified atom stereocenters. The summed E-state index contributed by atoms with van der Waals surface area (Å²) < 4.78 is 5.23. The van der Waals surface area contributed by atoms with Crippen LogP contribution in [0.2, 0.25) is 5.02 Å². The fourth-order valence-corrected chi connectivity index (χ4v) is 2.81. The molecule has 0 radical (unpaired) electrons. The lowest BCUT2D eigenvalue weighted by Crippen LogP contribution is -2.05. The molecule has 0 saturated carbocycles. The van der Waals surface area contributed by atoms with Gasteiger partial charge in [0, 0.05) is 5.56 Å². The Morgan fingerprint density at radius 3 is 1.89 bits per heavy atom. The van der Waals surface area contributed by atoms with E-state index in [0.717, 1.165) is 21.7 Å². The molecule has 0 aromatic heterocycles. The maximum absolute atomic E-state index is 8.89. The summed E-state index contributed by atoms with van der Waals surface area (Å²) >= 11 is 6.53. The van der Waals surface area contributed by atoms with E-state index in [-0.39, 0.29) is 11.8 Å². The van der Waals surface area contributed by atoms with Crippen LogP contribution in [-0.2, 0) is 0 Å². The Bertz CT molecular complexity index is 498. The van der Waals surface area contributed by atoms with E-state index >= 15 is 0 Å². The van der Waals surface area contributed by atoms with Gasteiger partial charge >= 0.3 is 0 Å². The number of hydrogen-bond donors (Lipinski definition) is 0. The zero-order valence-electron chi connectivity index (χ0n) is 12.5. The Kier molecular flexibility index (Phi) is 5.26. The number of halogens is 1. The average molecular weight is 280 g/mol. The standard InChI is InChI=1S/C16H22ClNO/c1-9(2)12-7-13(10(3)4)16(19-8-18)14(11(5)6)15(12)17/h7,9-11H,1-6H3. The Labute approximate surface area is 121 Å². The van der Waals surface area contributed by atoms with Crippen molar-refractivity contribution in [2.75, 3.05) is 0 Å². The zero-order valence-corrected chi connectivity index (χ0v) is 13.3. The van der Waals surface area contributed by atoms with E-state index in [9.17, 15) is 0 Å². The monoisotopic (exact) mass is 279 g/mol. The number of nitrogens with zero attached hydrogens (tertiary/aromatic N) is 1. The van der Waals surface area contributed by atoms with Crippen molar-refractivity contribution < 1.29 is 4.74 Å². The van der Waals surface area contributed by atoms with Crippen LogP contribution in [0.15, 0.2) is 6.07 Å². The first-order chi connectivity index (χ1) is 8.81. The maximum atomic E-state index is 8.89. The maximum Gasteiger partial charge on any atom is 0.292 e. The predicted molar refractivity (Wildman–Crippen MR) is 80.0 cm³/mol. The van der Waals surface area contributed by atoms with Gasteiger partial charge in [-0.1, -0.05) is 59.2 Å². The van der Waals surface area contributed by atoms with Crippen LogP contribution < -0.4 is 4.74 Å². The van der Waals surface area contributed by atoms with E-state index in [1.165, 1.54) is 0 Å². The SMILES string of the molecule is CC(C)c1cc(C(C)C)c(OC#N)c(C(C)C)c1Cl. The molecule has 0 fully saturated rings. The van der Waals surface area contributed by atoms with E-state index in [4.69, 9.17) is 21.6 Å². The van der Waals surface area contributed by atoms with Gasteiger partial charge in [-0.05, 0) is 28.9 Å². The molecule has 0 aliphatic rings. The molecule has 1 rings (SSSR count). The molecule has 0 heterocycles. The van der Waals surface area contributed by atoms with Crippen molar-refractivity contribution in [1.29, 1.82) is 5.26 Å². The first kappa shape index (κ1) is 15.9. The second-order valence-corrected chi connectivity index (χ2v) is 6.15. The smallest absolute Gasteiger partial charge is 0.292 e. The Morgan fingerprint density at radius 2 is 1.53 bits per heavy atom. The molecule has 1 aromatic carbocycles. The second kappa shape index (κ2) is 6.30. The van der Waals surface area contributed by atoms with Gasteiger partial charge in [0.1, 0.15) is 0 Å². The van der Waals surface area contributed by atoms with Crippen molar-refractivity contribution in [1.82, 2.24) is 0 Å². The van der Waals surface area contributed by atoms with Crippen molar-refractivity contribution in [3.8, 4) is 12.0 Å². The molecular weight excluding hydrogens is 258 g/mol. The summed E-state index contributed by atoms with van der Waals surface area (Å²) in [7, 11) is 0. The summed E-state index contributed by atoms with van der Waals surface area (Å²) in [5.74, 6) is 1.49. The van der Waals surface area contributed by atoms with Crippen LogP contribution in [0.5, 0.6) is 5.75 Å². The average Bonchev–Trinajstić information content (AvgIpc) is 2.27. The zero-order chi connectivity index (χ0) is 14.7. The van der Waals surface area contributed by atoms with Crippen molar-refractivity contribution in [3.05, 3.63) is 27.8 Å². The summed E-state index contributed by atoms with van der Waals surface area (Å²) in [5.41, 5.74) is 3.12. The molecule has 0 spiro atoms. The molecule has 2 nitrogen and oxygen atoms in total. The van der Waals surface area contributed by atoms with E-state index in [1.807, 2.05) is 0 Å². The highest BCUT2D eigenvalue weighted by atomic mass is 35.5. The molecule has 0 bridgehead atoms. The third-order valence-corrected chi connectivity index (χ3v) is 3.70. The molecule has 3 heteroatoms.